The number of para-hydroxylation sites is 1. The van der Waals surface area contributed by atoms with E-state index in [0.29, 0.717) is 0 Å². The summed E-state index contributed by atoms with van der Waals surface area (Å²) in [7, 11) is 0. The van der Waals surface area contributed by atoms with Gasteiger partial charge in [-0.15, -0.1) is 6.42 Å². The number of nitrogens with two attached hydrogens (primary N) is 1. The first-order valence-corrected chi connectivity index (χ1v) is 4.24. The lowest BCUT2D eigenvalue weighted by atomic mass is 10.1. The van der Waals surface area contributed by atoms with Crippen LogP contribution in [0.1, 0.15) is 11.6 Å². The highest BCUT2D eigenvalue weighted by Crippen LogP contribution is 2.18. The Morgan fingerprint density at radius 2 is 2.07 bits per heavy atom. The molecule has 1 aromatic heterocycles. The van der Waals surface area contributed by atoms with Crippen molar-refractivity contribution in [2.24, 2.45) is 5.73 Å². The van der Waals surface area contributed by atoms with Crippen LogP contribution < -0.4 is 5.73 Å². The van der Waals surface area contributed by atoms with Gasteiger partial charge >= 0.3 is 0 Å². The molecule has 3 nitrogen and oxygen atoms in total. The lowest BCUT2D eigenvalue weighted by molar-refractivity contribution is 0.951. The molecule has 0 spiro atoms. The highest BCUT2D eigenvalue weighted by molar-refractivity contribution is 5.78. The molecule has 1 unspecified atom stereocenters. The third-order valence-corrected chi connectivity index (χ3v) is 2.04. The molecule has 0 aliphatic carbocycles. The number of fused-ring (bicyclic) bond motifs is 1. The molecule has 0 amide bonds. The second-order valence-corrected chi connectivity index (χ2v) is 2.92. The van der Waals surface area contributed by atoms with Crippen molar-refractivity contribution in [3.63, 3.8) is 0 Å². The number of hydrogen-bond acceptors (Lipinski definition) is 3. The van der Waals surface area contributed by atoms with Crippen LogP contribution >= 0.6 is 0 Å². The van der Waals surface area contributed by atoms with Crippen LogP contribution in [0.5, 0.6) is 0 Å². The topological polar surface area (TPSA) is 51.8 Å². The number of nitrogens with zero attached hydrogens (tertiary/aromatic N) is 2. The third kappa shape index (κ3) is 1.32. The lowest BCUT2D eigenvalue weighted by Gasteiger charge is -2.06. The predicted octanol–water partition coefficient (Wildman–Crippen LogP) is 1.26. The second-order valence-electron chi connectivity index (χ2n) is 2.92. The van der Waals surface area contributed by atoms with Gasteiger partial charge in [-0.25, -0.2) is 0 Å². The van der Waals surface area contributed by atoms with Crippen molar-refractivity contribution < 1.29 is 0 Å². The highest BCUT2D eigenvalue weighted by atomic mass is 14.8. The first-order valence-electron chi connectivity index (χ1n) is 4.24. The summed E-state index contributed by atoms with van der Waals surface area (Å²) in [5, 5.41) is 0. The first-order chi connectivity index (χ1) is 6.83. The number of terminal acetylenes is 1. The Morgan fingerprint density at radius 3 is 2.86 bits per heavy atom. The maximum atomic E-state index is 5.76. The van der Waals surface area contributed by atoms with Gasteiger partial charge < -0.3 is 5.73 Å². The third-order valence-electron chi connectivity index (χ3n) is 2.04. The molecule has 2 N–H and O–H groups in total. The van der Waals surface area contributed by atoms with E-state index >= 15 is 0 Å². The van der Waals surface area contributed by atoms with Crippen LogP contribution in [0, 0.1) is 12.3 Å². The maximum absolute atomic E-state index is 5.76. The summed E-state index contributed by atoms with van der Waals surface area (Å²) < 4.78 is 0. The molecule has 0 radical (unpaired) electrons. The minimum atomic E-state index is -0.421. The van der Waals surface area contributed by atoms with Crippen LogP contribution in [0.3, 0.4) is 0 Å². The molecule has 0 saturated heterocycles. The summed E-state index contributed by atoms with van der Waals surface area (Å²) in [5.74, 6) is 2.48. The first kappa shape index (κ1) is 8.67. The molecule has 0 aliphatic rings. The standard InChI is InChI=1S/C11H9N3/c1-2-9(12)8-4-3-5-10-11(8)14-7-6-13-10/h1,3-7,9H,12H2. The average Bonchev–Trinajstić information content (AvgIpc) is 2.27. The molecule has 1 atom stereocenters. The minimum absolute atomic E-state index is 0.421. The van der Waals surface area contributed by atoms with Gasteiger partial charge in [0.25, 0.3) is 0 Å². The fourth-order valence-corrected chi connectivity index (χ4v) is 1.36. The molecular weight excluding hydrogens is 174 g/mol. The molecule has 1 heterocycles. The van der Waals surface area contributed by atoms with Gasteiger partial charge in [0.15, 0.2) is 0 Å². The van der Waals surface area contributed by atoms with E-state index in [2.05, 4.69) is 15.9 Å². The molecule has 2 aromatic rings. The van der Waals surface area contributed by atoms with E-state index in [1.807, 2.05) is 18.2 Å². The van der Waals surface area contributed by atoms with Crippen molar-refractivity contribution in [2.75, 3.05) is 0 Å². The molecule has 3 heteroatoms. The fraction of sp³-hybridized carbons (Fsp3) is 0.0909. The van der Waals surface area contributed by atoms with E-state index in [9.17, 15) is 0 Å². The normalized spacial score (nSPS) is 12.3. The van der Waals surface area contributed by atoms with Gasteiger partial charge in [-0.3, -0.25) is 9.97 Å². The molecule has 1 aromatic carbocycles. The summed E-state index contributed by atoms with van der Waals surface area (Å²) in [6.07, 6.45) is 8.55. The van der Waals surface area contributed by atoms with E-state index in [0.717, 1.165) is 16.6 Å². The monoisotopic (exact) mass is 183 g/mol. The Kier molecular flexibility index (Phi) is 2.13. The largest absolute Gasteiger partial charge is 0.314 e. The van der Waals surface area contributed by atoms with E-state index in [4.69, 9.17) is 12.2 Å². The molecule has 14 heavy (non-hydrogen) atoms. The lowest BCUT2D eigenvalue weighted by Crippen LogP contribution is -2.08. The fourth-order valence-electron chi connectivity index (χ4n) is 1.36. The molecule has 0 saturated carbocycles. The van der Waals surface area contributed by atoms with Crippen LogP contribution in [0.4, 0.5) is 0 Å². The Balaban J connectivity index is 2.72. The number of hydrogen-bond donors (Lipinski definition) is 1. The number of rotatable bonds is 1. The molecule has 0 aliphatic heterocycles. The average molecular weight is 183 g/mol. The summed E-state index contributed by atoms with van der Waals surface area (Å²) in [6, 6.07) is 5.22. The van der Waals surface area contributed by atoms with Crippen molar-refractivity contribution in [3.05, 3.63) is 36.2 Å². The van der Waals surface area contributed by atoms with E-state index < -0.39 is 6.04 Å². The van der Waals surface area contributed by atoms with Gasteiger partial charge in [0.1, 0.15) is 0 Å². The maximum Gasteiger partial charge on any atom is 0.0944 e. The van der Waals surface area contributed by atoms with Crippen molar-refractivity contribution in [1.29, 1.82) is 0 Å². The molecule has 2 rings (SSSR count). The SMILES string of the molecule is C#CC(N)c1cccc2nccnc12. The number of aromatic nitrogens is 2. The van der Waals surface area contributed by atoms with Crippen molar-refractivity contribution in [3.8, 4) is 12.3 Å². The van der Waals surface area contributed by atoms with Crippen LogP contribution in [-0.4, -0.2) is 9.97 Å². The Bertz CT molecular complexity index is 494. The summed E-state index contributed by atoms with van der Waals surface area (Å²) in [5.41, 5.74) is 8.20. The Labute approximate surface area is 82.0 Å². The van der Waals surface area contributed by atoms with Gasteiger partial charge in [-0.2, -0.15) is 0 Å². The van der Waals surface area contributed by atoms with Gasteiger partial charge in [-0.1, -0.05) is 18.1 Å². The van der Waals surface area contributed by atoms with Crippen LogP contribution in [0.15, 0.2) is 30.6 Å². The minimum Gasteiger partial charge on any atom is -0.314 e. The summed E-state index contributed by atoms with van der Waals surface area (Å²) >= 11 is 0. The van der Waals surface area contributed by atoms with Crippen LogP contribution in [0.2, 0.25) is 0 Å². The Hall–Kier alpha value is -1.92. The van der Waals surface area contributed by atoms with Crippen LogP contribution in [-0.2, 0) is 0 Å². The molecule has 0 fully saturated rings. The van der Waals surface area contributed by atoms with Gasteiger partial charge in [0.05, 0.1) is 17.1 Å². The van der Waals surface area contributed by atoms with Crippen molar-refractivity contribution >= 4 is 11.0 Å². The van der Waals surface area contributed by atoms with E-state index in [1.165, 1.54) is 0 Å². The quantitative estimate of drug-likeness (QED) is 0.677. The van der Waals surface area contributed by atoms with Gasteiger partial charge in [-0.05, 0) is 6.07 Å². The highest BCUT2D eigenvalue weighted by Gasteiger charge is 2.07. The van der Waals surface area contributed by atoms with Crippen LogP contribution in [0.25, 0.3) is 11.0 Å². The van der Waals surface area contributed by atoms with Gasteiger partial charge in [0, 0.05) is 18.0 Å². The predicted molar refractivity (Wildman–Crippen MR) is 55.3 cm³/mol. The molecular formula is C11H9N3. The zero-order valence-corrected chi connectivity index (χ0v) is 7.51. The van der Waals surface area contributed by atoms with Gasteiger partial charge in [0.2, 0.25) is 0 Å². The second kappa shape index (κ2) is 3.44. The molecule has 68 valence electrons. The molecule has 0 bridgehead atoms. The van der Waals surface area contributed by atoms with E-state index in [1.54, 1.807) is 12.4 Å². The number of benzene rings is 1. The van der Waals surface area contributed by atoms with E-state index in [-0.39, 0.29) is 0 Å². The summed E-state index contributed by atoms with van der Waals surface area (Å²) in [6.45, 7) is 0. The van der Waals surface area contributed by atoms with Crippen molar-refractivity contribution in [2.45, 2.75) is 6.04 Å². The smallest absolute Gasteiger partial charge is 0.0944 e. The van der Waals surface area contributed by atoms with Crippen molar-refractivity contribution in [1.82, 2.24) is 9.97 Å². The summed E-state index contributed by atoms with van der Waals surface area (Å²) in [4.78, 5) is 8.38. The zero-order valence-electron chi connectivity index (χ0n) is 7.51. The zero-order chi connectivity index (χ0) is 9.97. The Morgan fingerprint density at radius 1 is 1.29 bits per heavy atom.